The van der Waals surface area contributed by atoms with Crippen molar-refractivity contribution in [2.24, 2.45) is 7.05 Å². The van der Waals surface area contributed by atoms with Gasteiger partial charge in [-0.05, 0) is 31.0 Å². The summed E-state index contributed by atoms with van der Waals surface area (Å²) in [6.07, 6.45) is 1.18. The van der Waals surface area contributed by atoms with Crippen molar-refractivity contribution in [3.63, 3.8) is 0 Å². The summed E-state index contributed by atoms with van der Waals surface area (Å²) >= 11 is 6.24. The van der Waals surface area contributed by atoms with Gasteiger partial charge < -0.3 is 19.5 Å². The van der Waals surface area contributed by atoms with Crippen molar-refractivity contribution in [3.05, 3.63) is 35.0 Å². The molecular formula is C17H18ClN3O3. The number of nitrogens with one attached hydrogen (secondary N) is 1. The Morgan fingerprint density at radius 2 is 2.25 bits per heavy atom. The number of fused-ring (bicyclic) bond motifs is 1. The van der Waals surface area contributed by atoms with Gasteiger partial charge in [-0.2, -0.15) is 0 Å². The molecule has 0 radical (unpaired) electrons. The first-order chi connectivity index (χ1) is 11.5. The highest BCUT2D eigenvalue weighted by atomic mass is 35.5. The van der Waals surface area contributed by atoms with Gasteiger partial charge in [0.25, 0.3) is 5.91 Å². The maximum absolute atomic E-state index is 13.0. The van der Waals surface area contributed by atoms with Gasteiger partial charge in [-0.3, -0.25) is 4.79 Å². The number of hydrogen-bond acceptors (Lipinski definition) is 3. The number of nitrogens with zero attached hydrogens (tertiary/aromatic N) is 2. The number of halogens is 1. The van der Waals surface area contributed by atoms with Gasteiger partial charge in [0.1, 0.15) is 11.3 Å². The van der Waals surface area contributed by atoms with E-state index in [4.69, 9.17) is 16.3 Å². The molecule has 1 aromatic carbocycles. The molecular weight excluding hydrogens is 330 g/mol. The molecule has 24 heavy (non-hydrogen) atoms. The maximum Gasteiger partial charge on any atom is 0.407 e. The third-order valence-corrected chi connectivity index (χ3v) is 5.27. The average Bonchev–Trinajstić information content (AvgIpc) is 3.09. The molecule has 4 rings (SSSR count). The minimum atomic E-state index is -0.590. The zero-order valence-corrected chi connectivity index (χ0v) is 14.1. The molecule has 2 fully saturated rings. The molecule has 6 nitrogen and oxygen atoms in total. The van der Waals surface area contributed by atoms with Gasteiger partial charge >= 0.3 is 6.09 Å². The number of likely N-dealkylation sites (tertiary alicyclic amines) is 1. The second-order valence-electron chi connectivity index (χ2n) is 6.52. The van der Waals surface area contributed by atoms with Gasteiger partial charge in [0.05, 0.1) is 13.1 Å². The number of ether oxygens (including phenoxy) is 1. The zero-order chi connectivity index (χ0) is 16.9. The number of alkyl carbamates (subject to hydrolysis) is 1. The number of hydrogen-bond donors (Lipinski definition) is 1. The SMILES string of the molecule is Cn1c(C(=O)N2CCCC3(CNC(=O)O3)C2)cc2c(Cl)cccc21. The van der Waals surface area contributed by atoms with Crippen LogP contribution in [-0.4, -0.2) is 46.7 Å². The van der Waals surface area contributed by atoms with Crippen LogP contribution in [0.15, 0.2) is 24.3 Å². The van der Waals surface area contributed by atoms with Gasteiger partial charge in [-0.25, -0.2) is 4.79 Å². The Morgan fingerprint density at radius 1 is 1.42 bits per heavy atom. The summed E-state index contributed by atoms with van der Waals surface area (Å²) < 4.78 is 7.31. The second kappa shape index (κ2) is 5.41. The standard InChI is InChI=1S/C17H18ClN3O3/c1-20-13-5-2-4-12(18)11(13)8-14(20)15(22)21-7-3-6-17(10-21)9-19-16(23)24-17/h2,4-5,8H,3,6-7,9-10H2,1H3,(H,19,23). The van der Waals surface area contributed by atoms with Crippen LogP contribution < -0.4 is 5.32 Å². The predicted octanol–water partition coefficient (Wildman–Crippen LogP) is 2.55. The highest BCUT2D eigenvalue weighted by Gasteiger charge is 2.45. The smallest absolute Gasteiger partial charge is 0.407 e. The maximum atomic E-state index is 13.0. The molecule has 0 aliphatic carbocycles. The second-order valence-corrected chi connectivity index (χ2v) is 6.92. The fraction of sp³-hybridized carbons (Fsp3) is 0.412. The Balaban J connectivity index is 1.65. The number of benzene rings is 1. The van der Waals surface area contributed by atoms with Crippen LogP contribution in [0.5, 0.6) is 0 Å². The van der Waals surface area contributed by atoms with Crippen LogP contribution in [0.25, 0.3) is 10.9 Å². The summed E-state index contributed by atoms with van der Waals surface area (Å²) in [6.45, 7) is 1.53. The largest absolute Gasteiger partial charge is 0.439 e. The van der Waals surface area contributed by atoms with Crippen LogP contribution in [-0.2, 0) is 11.8 Å². The molecule has 1 aromatic heterocycles. The van der Waals surface area contributed by atoms with Crippen LogP contribution in [0.2, 0.25) is 5.02 Å². The highest BCUT2D eigenvalue weighted by molar-refractivity contribution is 6.35. The molecule has 0 saturated carbocycles. The van der Waals surface area contributed by atoms with Crippen molar-refractivity contribution in [2.75, 3.05) is 19.6 Å². The summed E-state index contributed by atoms with van der Waals surface area (Å²) in [5.74, 6) is -0.0632. The quantitative estimate of drug-likeness (QED) is 0.862. The van der Waals surface area contributed by atoms with Gasteiger partial charge in [-0.1, -0.05) is 17.7 Å². The van der Waals surface area contributed by atoms with E-state index in [1.54, 1.807) is 4.90 Å². The Hall–Kier alpha value is -2.21. The Bertz CT molecular complexity index is 847. The predicted molar refractivity (Wildman–Crippen MR) is 90.3 cm³/mol. The summed E-state index contributed by atoms with van der Waals surface area (Å²) in [6, 6.07) is 7.47. The van der Waals surface area contributed by atoms with E-state index in [0.29, 0.717) is 30.4 Å². The lowest BCUT2D eigenvalue weighted by Crippen LogP contribution is -2.52. The third-order valence-electron chi connectivity index (χ3n) is 4.94. The Morgan fingerprint density at radius 3 is 2.96 bits per heavy atom. The molecule has 1 atom stereocenters. The van der Waals surface area contributed by atoms with E-state index in [2.05, 4.69) is 5.32 Å². The first-order valence-corrected chi connectivity index (χ1v) is 8.37. The summed E-state index contributed by atoms with van der Waals surface area (Å²) in [5, 5.41) is 4.19. The molecule has 7 heteroatoms. The molecule has 1 unspecified atom stereocenters. The van der Waals surface area contributed by atoms with Crippen molar-refractivity contribution >= 4 is 34.5 Å². The van der Waals surface area contributed by atoms with Crippen molar-refractivity contribution in [1.29, 1.82) is 0 Å². The molecule has 1 N–H and O–H groups in total. The van der Waals surface area contributed by atoms with Crippen molar-refractivity contribution in [3.8, 4) is 0 Å². The van der Waals surface area contributed by atoms with Gasteiger partial charge in [0.15, 0.2) is 0 Å². The third kappa shape index (κ3) is 2.33. The molecule has 0 bridgehead atoms. The number of carbonyl (C=O) groups is 2. The molecule has 2 amide bonds. The van der Waals surface area contributed by atoms with Crippen LogP contribution in [0.3, 0.4) is 0 Å². The fourth-order valence-electron chi connectivity index (χ4n) is 3.69. The van der Waals surface area contributed by atoms with Crippen molar-refractivity contribution in [1.82, 2.24) is 14.8 Å². The Kier molecular flexibility index (Phi) is 3.46. The summed E-state index contributed by atoms with van der Waals surface area (Å²) in [7, 11) is 1.86. The van der Waals surface area contributed by atoms with E-state index in [0.717, 1.165) is 23.7 Å². The van der Waals surface area contributed by atoms with Crippen LogP contribution in [0.4, 0.5) is 4.79 Å². The molecule has 2 aromatic rings. The van der Waals surface area contributed by atoms with Crippen molar-refractivity contribution in [2.45, 2.75) is 18.4 Å². The zero-order valence-electron chi connectivity index (χ0n) is 13.3. The van der Waals surface area contributed by atoms with Gasteiger partial charge in [-0.15, -0.1) is 0 Å². The molecule has 3 heterocycles. The lowest BCUT2D eigenvalue weighted by Gasteiger charge is -2.38. The fourth-order valence-corrected chi connectivity index (χ4v) is 3.92. The minimum absolute atomic E-state index is 0.0632. The number of amides is 2. The first-order valence-electron chi connectivity index (χ1n) is 7.99. The molecule has 2 aliphatic rings. The van der Waals surface area contributed by atoms with Crippen molar-refractivity contribution < 1.29 is 14.3 Å². The first kappa shape index (κ1) is 15.3. The molecule has 2 saturated heterocycles. The van der Waals surface area contributed by atoms with Crippen LogP contribution in [0.1, 0.15) is 23.3 Å². The molecule has 126 valence electrons. The van der Waals surface area contributed by atoms with E-state index in [1.165, 1.54) is 0 Å². The van der Waals surface area contributed by atoms with E-state index in [1.807, 2.05) is 35.9 Å². The van der Waals surface area contributed by atoms with E-state index in [-0.39, 0.29) is 5.91 Å². The highest BCUT2D eigenvalue weighted by Crippen LogP contribution is 2.31. The lowest BCUT2D eigenvalue weighted by molar-refractivity contribution is -0.00534. The minimum Gasteiger partial charge on any atom is -0.439 e. The number of rotatable bonds is 1. The number of aryl methyl sites for hydroxylation is 1. The topological polar surface area (TPSA) is 63.6 Å². The van der Waals surface area contributed by atoms with E-state index in [9.17, 15) is 9.59 Å². The number of piperidine rings is 1. The van der Waals surface area contributed by atoms with Crippen LogP contribution in [0, 0.1) is 0 Å². The monoisotopic (exact) mass is 347 g/mol. The van der Waals surface area contributed by atoms with Crippen LogP contribution >= 0.6 is 11.6 Å². The summed E-state index contributed by atoms with van der Waals surface area (Å²) in [4.78, 5) is 26.2. The van der Waals surface area contributed by atoms with E-state index >= 15 is 0 Å². The average molecular weight is 348 g/mol. The normalized spacial score (nSPS) is 23.6. The lowest BCUT2D eigenvalue weighted by atomic mass is 9.93. The molecule has 1 spiro atoms. The number of carbonyl (C=O) groups excluding carboxylic acids is 2. The number of aromatic nitrogens is 1. The van der Waals surface area contributed by atoms with E-state index < -0.39 is 11.7 Å². The Labute approximate surface area is 144 Å². The van der Waals surface area contributed by atoms with Gasteiger partial charge in [0.2, 0.25) is 0 Å². The summed E-state index contributed by atoms with van der Waals surface area (Å²) in [5.41, 5.74) is 0.923. The molecule has 2 aliphatic heterocycles. The van der Waals surface area contributed by atoms with Gasteiger partial charge in [0, 0.05) is 29.5 Å².